The first-order chi connectivity index (χ1) is 6.61. The SMILES string of the molecule is CCC(C)(C(=O)O)C1CCCCCC1. The van der Waals surface area contributed by atoms with Crippen molar-refractivity contribution in [2.75, 3.05) is 0 Å². The maximum Gasteiger partial charge on any atom is 0.309 e. The molecule has 1 aliphatic rings. The van der Waals surface area contributed by atoms with E-state index in [1.54, 1.807) is 0 Å². The summed E-state index contributed by atoms with van der Waals surface area (Å²) in [5.74, 6) is -0.209. The maximum absolute atomic E-state index is 11.3. The third kappa shape index (κ3) is 2.28. The van der Waals surface area contributed by atoms with Gasteiger partial charge in [-0.25, -0.2) is 0 Å². The van der Waals surface area contributed by atoms with Crippen LogP contribution in [-0.4, -0.2) is 11.1 Å². The van der Waals surface area contributed by atoms with Crippen molar-refractivity contribution in [3.05, 3.63) is 0 Å². The summed E-state index contributed by atoms with van der Waals surface area (Å²) in [7, 11) is 0. The normalized spacial score (nSPS) is 23.9. The Balaban J connectivity index is 2.71. The first-order valence-corrected chi connectivity index (χ1v) is 5.84. The Morgan fingerprint density at radius 3 is 2.14 bits per heavy atom. The lowest BCUT2D eigenvalue weighted by atomic mass is 9.71. The molecule has 0 spiro atoms. The first kappa shape index (κ1) is 11.5. The molecule has 0 heterocycles. The second-order valence-electron chi connectivity index (χ2n) is 4.76. The Bertz CT molecular complexity index is 192. The summed E-state index contributed by atoms with van der Waals surface area (Å²) >= 11 is 0. The van der Waals surface area contributed by atoms with Crippen LogP contribution in [0.4, 0.5) is 0 Å². The molecule has 0 aromatic carbocycles. The van der Waals surface area contributed by atoms with Crippen molar-refractivity contribution >= 4 is 5.97 Å². The van der Waals surface area contributed by atoms with Gasteiger partial charge in [-0.1, -0.05) is 32.6 Å². The zero-order valence-electron chi connectivity index (χ0n) is 9.38. The molecule has 0 radical (unpaired) electrons. The molecule has 14 heavy (non-hydrogen) atoms. The van der Waals surface area contributed by atoms with Gasteiger partial charge in [0.1, 0.15) is 0 Å². The van der Waals surface area contributed by atoms with E-state index in [1.165, 1.54) is 25.7 Å². The van der Waals surface area contributed by atoms with Gasteiger partial charge in [-0.2, -0.15) is 0 Å². The number of aliphatic carboxylic acids is 1. The van der Waals surface area contributed by atoms with E-state index >= 15 is 0 Å². The predicted octanol–water partition coefficient (Wildman–Crippen LogP) is 3.46. The molecule has 0 aromatic heterocycles. The number of carboxylic acids is 1. The summed E-state index contributed by atoms with van der Waals surface area (Å²) in [6, 6.07) is 0. The van der Waals surface area contributed by atoms with Crippen LogP contribution in [0, 0.1) is 11.3 Å². The molecule has 0 amide bonds. The molecule has 2 heteroatoms. The number of hydrogen-bond donors (Lipinski definition) is 1. The molecule has 1 saturated carbocycles. The van der Waals surface area contributed by atoms with Gasteiger partial charge in [0.05, 0.1) is 5.41 Å². The van der Waals surface area contributed by atoms with Gasteiger partial charge < -0.3 is 5.11 Å². The van der Waals surface area contributed by atoms with Crippen LogP contribution in [0.2, 0.25) is 0 Å². The number of hydrogen-bond acceptors (Lipinski definition) is 1. The van der Waals surface area contributed by atoms with Crippen LogP contribution in [0.3, 0.4) is 0 Å². The van der Waals surface area contributed by atoms with Gasteiger partial charge in [0.25, 0.3) is 0 Å². The Hall–Kier alpha value is -0.530. The predicted molar refractivity (Wildman–Crippen MR) is 57.2 cm³/mol. The highest BCUT2D eigenvalue weighted by Crippen LogP contribution is 2.40. The zero-order valence-corrected chi connectivity index (χ0v) is 9.38. The first-order valence-electron chi connectivity index (χ1n) is 5.84. The summed E-state index contributed by atoms with van der Waals surface area (Å²) in [5.41, 5.74) is -0.482. The Morgan fingerprint density at radius 1 is 1.29 bits per heavy atom. The van der Waals surface area contributed by atoms with Gasteiger partial charge in [0.2, 0.25) is 0 Å². The van der Waals surface area contributed by atoms with Crippen LogP contribution in [0.5, 0.6) is 0 Å². The molecule has 0 aromatic rings. The van der Waals surface area contributed by atoms with Gasteiger partial charge in [0.15, 0.2) is 0 Å². The Labute approximate surface area is 86.7 Å². The largest absolute Gasteiger partial charge is 0.481 e. The van der Waals surface area contributed by atoms with Crippen molar-refractivity contribution in [2.45, 2.75) is 58.8 Å². The smallest absolute Gasteiger partial charge is 0.309 e. The van der Waals surface area contributed by atoms with E-state index in [0.29, 0.717) is 5.92 Å². The fraction of sp³-hybridized carbons (Fsp3) is 0.917. The van der Waals surface area contributed by atoms with Crippen molar-refractivity contribution in [3.63, 3.8) is 0 Å². The van der Waals surface area contributed by atoms with Crippen LogP contribution >= 0.6 is 0 Å². The Kier molecular flexibility index (Phi) is 3.97. The lowest BCUT2D eigenvalue weighted by Gasteiger charge is -2.32. The fourth-order valence-corrected chi connectivity index (χ4v) is 2.53. The highest BCUT2D eigenvalue weighted by Gasteiger charge is 2.39. The van der Waals surface area contributed by atoms with Gasteiger partial charge in [0, 0.05) is 0 Å². The van der Waals surface area contributed by atoms with E-state index < -0.39 is 11.4 Å². The van der Waals surface area contributed by atoms with Crippen molar-refractivity contribution in [2.24, 2.45) is 11.3 Å². The van der Waals surface area contributed by atoms with Crippen molar-refractivity contribution in [1.82, 2.24) is 0 Å². The number of carboxylic acid groups (broad SMARTS) is 1. The summed E-state index contributed by atoms with van der Waals surface area (Å²) < 4.78 is 0. The summed E-state index contributed by atoms with van der Waals surface area (Å²) in [6.45, 7) is 3.92. The molecular weight excluding hydrogens is 176 g/mol. The lowest BCUT2D eigenvalue weighted by molar-refractivity contribution is -0.152. The van der Waals surface area contributed by atoms with Gasteiger partial charge in [-0.3, -0.25) is 4.79 Å². The minimum absolute atomic E-state index is 0.396. The summed E-state index contributed by atoms with van der Waals surface area (Å²) in [6.07, 6.45) is 7.98. The van der Waals surface area contributed by atoms with E-state index in [4.69, 9.17) is 0 Å². The van der Waals surface area contributed by atoms with E-state index in [2.05, 4.69) is 0 Å². The summed E-state index contributed by atoms with van der Waals surface area (Å²) in [5, 5.41) is 9.28. The average molecular weight is 198 g/mol. The van der Waals surface area contributed by atoms with E-state index in [9.17, 15) is 9.90 Å². The third-order valence-electron chi connectivity index (χ3n) is 3.98. The molecule has 1 rings (SSSR count). The monoisotopic (exact) mass is 198 g/mol. The van der Waals surface area contributed by atoms with E-state index in [0.717, 1.165) is 19.3 Å². The Morgan fingerprint density at radius 2 is 1.79 bits per heavy atom. The van der Waals surface area contributed by atoms with Crippen LogP contribution in [-0.2, 0) is 4.79 Å². The van der Waals surface area contributed by atoms with Gasteiger partial charge in [-0.15, -0.1) is 0 Å². The molecule has 0 saturated heterocycles. The van der Waals surface area contributed by atoms with E-state index in [-0.39, 0.29) is 0 Å². The van der Waals surface area contributed by atoms with Crippen LogP contribution in [0.25, 0.3) is 0 Å². The number of rotatable bonds is 3. The zero-order chi connectivity index (χ0) is 10.6. The van der Waals surface area contributed by atoms with Crippen LogP contribution in [0.15, 0.2) is 0 Å². The van der Waals surface area contributed by atoms with Crippen LogP contribution in [0.1, 0.15) is 58.8 Å². The molecule has 82 valence electrons. The highest BCUT2D eigenvalue weighted by molar-refractivity contribution is 5.74. The molecule has 1 fully saturated rings. The third-order valence-corrected chi connectivity index (χ3v) is 3.98. The van der Waals surface area contributed by atoms with Gasteiger partial charge in [-0.05, 0) is 32.1 Å². The van der Waals surface area contributed by atoms with Crippen molar-refractivity contribution in [3.8, 4) is 0 Å². The quantitative estimate of drug-likeness (QED) is 0.705. The molecule has 1 unspecified atom stereocenters. The standard InChI is InChI=1S/C12H22O2/c1-3-12(2,11(13)14)10-8-6-4-5-7-9-10/h10H,3-9H2,1-2H3,(H,13,14). The molecule has 2 nitrogen and oxygen atoms in total. The molecule has 1 N–H and O–H groups in total. The lowest BCUT2D eigenvalue weighted by Crippen LogP contribution is -2.35. The van der Waals surface area contributed by atoms with Crippen molar-refractivity contribution in [1.29, 1.82) is 0 Å². The highest BCUT2D eigenvalue weighted by atomic mass is 16.4. The van der Waals surface area contributed by atoms with Crippen molar-refractivity contribution < 1.29 is 9.90 Å². The van der Waals surface area contributed by atoms with E-state index in [1.807, 2.05) is 13.8 Å². The molecule has 1 atom stereocenters. The van der Waals surface area contributed by atoms with Gasteiger partial charge >= 0.3 is 5.97 Å². The average Bonchev–Trinajstić information content (AvgIpc) is 2.44. The molecule has 1 aliphatic carbocycles. The molecule has 0 bridgehead atoms. The minimum Gasteiger partial charge on any atom is -0.481 e. The fourth-order valence-electron chi connectivity index (χ4n) is 2.53. The minimum atomic E-state index is -0.605. The maximum atomic E-state index is 11.3. The topological polar surface area (TPSA) is 37.3 Å². The molecule has 0 aliphatic heterocycles. The number of carbonyl (C=O) groups is 1. The second-order valence-corrected chi connectivity index (χ2v) is 4.76. The summed E-state index contributed by atoms with van der Waals surface area (Å²) in [4.78, 5) is 11.3. The second kappa shape index (κ2) is 4.81. The van der Waals surface area contributed by atoms with Crippen LogP contribution < -0.4 is 0 Å². The molecular formula is C12H22O2.